The Labute approximate surface area is 165 Å². The van der Waals surface area contributed by atoms with Gasteiger partial charge in [0.2, 0.25) is 0 Å². The molecule has 0 aromatic heterocycles. The fourth-order valence-corrected chi connectivity index (χ4v) is 4.01. The normalized spacial score (nSPS) is 22.3. The molecule has 3 aromatic rings. The number of benzene rings is 3. The molecule has 2 atom stereocenters. The largest absolute Gasteiger partial charge is 0.489 e. The number of hydrogen-bond donors (Lipinski definition) is 0. The van der Waals surface area contributed by atoms with E-state index in [0.29, 0.717) is 13.2 Å². The zero-order valence-electron chi connectivity index (χ0n) is 16.3. The lowest BCUT2D eigenvalue weighted by Gasteiger charge is -2.39. The van der Waals surface area contributed by atoms with Gasteiger partial charge in [-0.15, -0.1) is 0 Å². The summed E-state index contributed by atoms with van der Waals surface area (Å²) in [5, 5.41) is 1.90. The lowest BCUT2D eigenvalue weighted by atomic mass is 9.83. The molecule has 1 heterocycles. The molecule has 0 amide bonds. The van der Waals surface area contributed by atoms with Crippen LogP contribution in [0.5, 0.6) is 5.75 Å². The van der Waals surface area contributed by atoms with Crippen molar-refractivity contribution in [3.05, 3.63) is 77.6 Å². The maximum absolute atomic E-state index is 13.5. The quantitative estimate of drug-likeness (QED) is 0.577. The summed E-state index contributed by atoms with van der Waals surface area (Å²) in [4.78, 5) is 0. The van der Waals surface area contributed by atoms with Crippen LogP contribution in [0, 0.1) is 5.82 Å². The smallest absolute Gasteiger partial charge is 0.123 e. The minimum absolute atomic E-state index is 0.163. The summed E-state index contributed by atoms with van der Waals surface area (Å²) in [5.74, 6) is 0.571. The molecule has 0 radical (unpaired) electrons. The number of rotatable bonds is 5. The average molecular weight is 380 g/mol. The van der Waals surface area contributed by atoms with E-state index in [0.717, 1.165) is 40.5 Å². The van der Waals surface area contributed by atoms with E-state index >= 15 is 0 Å². The Hall–Kier alpha value is -2.43. The number of methoxy groups -OCH3 is 1. The predicted molar refractivity (Wildman–Crippen MR) is 108 cm³/mol. The molecule has 1 aliphatic rings. The molecule has 28 heavy (non-hydrogen) atoms. The minimum atomic E-state index is -0.336. The summed E-state index contributed by atoms with van der Waals surface area (Å²) in [7, 11) is 1.76. The van der Waals surface area contributed by atoms with Crippen molar-refractivity contribution in [2.24, 2.45) is 0 Å². The van der Waals surface area contributed by atoms with Crippen LogP contribution >= 0.6 is 0 Å². The predicted octanol–water partition coefficient (Wildman–Crippen LogP) is 5.60. The second-order valence-corrected chi connectivity index (χ2v) is 7.48. The standard InChI is InChI=1S/C24H25FO3/c1-17-15-24(26-2,10-11-27-17)21-4-3-5-23(14-21)28-16-18-6-7-19-8-9-22(25)13-20(19)12-18/h3-9,12-14,17H,10-11,15-16H2,1-2H3. The van der Waals surface area contributed by atoms with Crippen LogP contribution in [-0.4, -0.2) is 19.8 Å². The molecule has 3 aromatic carbocycles. The van der Waals surface area contributed by atoms with E-state index in [1.165, 1.54) is 6.07 Å². The Bertz CT molecular complexity index is 971. The maximum Gasteiger partial charge on any atom is 0.123 e. The molecule has 0 N–H and O–H groups in total. The first-order chi connectivity index (χ1) is 13.6. The monoisotopic (exact) mass is 380 g/mol. The number of hydrogen-bond acceptors (Lipinski definition) is 3. The van der Waals surface area contributed by atoms with Crippen molar-refractivity contribution in [1.82, 2.24) is 0 Å². The lowest BCUT2D eigenvalue weighted by Crippen LogP contribution is -2.39. The van der Waals surface area contributed by atoms with Gasteiger partial charge in [-0.1, -0.05) is 30.3 Å². The van der Waals surface area contributed by atoms with Crippen LogP contribution in [0.2, 0.25) is 0 Å². The topological polar surface area (TPSA) is 27.7 Å². The molecule has 1 saturated heterocycles. The van der Waals surface area contributed by atoms with Crippen molar-refractivity contribution in [2.45, 2.75) is 38.1 Å². The van der Waals surface area contributed by atoms with Crippen LogP contribution in [0.4, 0.5) is 4.39 Å². The Morgan fingerprint density at radius 1 is 1.07 bits per heavy atom. The zero-order valence-corrected chi connectivity index (χ0v) is 16.3. The third-order valence-electron chi connectivity index (χ3n) is 5.55. The molecule has 0 bridgehead atoms. The van der Waals surface area contributed by atoms with Crippen LogP contribution in [-0.2, 0) is 21.7 Å². The summed E-state index contributed by atoms with van der Waals surface area (Å²) in [6.07, 6.45) is 1.81. The summed E-state index contributed by atoms with van der Waals surface area (Å²) in [6, 6.07) is 18.9. The van der Waals surface area contributed by atoms with Crippen LogP contribution < -0.4 is 4.74 Å². The molecule has 4 heteroatoms. The molecule has 2 unspecified atom stereocenters. The Morgan fingerprint density at radius 3 is 2.75 bits per heavy atom. The van der Waals surface area contributed by atoms with Gasteiger partial charge in [-0.25, -0.2) is 4.39 Å². The highest BCUT2D eigenvalue weighted by Gasteiger charge is 2.37. The second-order valence-electron chi connectivity index (χ2n) is 7.48. The van der Waals surface area contributed by atoms with Crippen molar-refractivity contribution >= 4 is 10.8 Å². The first-order valence-electron chi connectivity index (χ1n) is 9.66. The van der Waals surface area contributed by atoms with Gasteiger partial charge in [0.15, 0.2) is 0 Å². The molecule has 0 aliphatic carbocycles. The molecule has 0 spiro atoms. The highest BCUT2D eigenvalue weighted by atomic mass is 19.1. The van der Waals surface area contributed by atoms with Crippen molar-refractivity contribution in [1.29, 1.82) is 0 Å². The molecular formula is C24H25FO3. The van der Waals surface area contributed by atoms with Crippen LogP contribution in [0.25, 0.3) is 10.8 Å². The van der Waals surface area contributed by atoms with E-state index in [1.54, 1.807) is 19.2 Å². The maximum atomic E-state index is 13.5. The van der Waals surface area contributed by atoms with Crippen LogP contribution in [0.15, 0.2) is 60.7 Å². The Morgan fingerprint density at radius 2 is 1.93 bits per heavy atom. The van der Waals surface area contributed by atoms with E-state index in [-0.39, 0.29) is 17.5 Å². The average Bonchev–Trinajstić information content (AvgIpc) is 2.72. The van der Waals surface area contributed by atoms with E-state index in [1.807, 2.05) is 30.3 Å². The summed E-state index contributed by atoms with van der Waals surface area (Å²) >= 11 is 0. The summed E-state index contributed by atoms with van der Waals surface area (Å²) in [6.45, 7) is 3.19. The van der Waals surface area contributed by atoms with Crippen LogP contribution in [0.3, 0.4) is 0 Å². The highest BCUT2D eigenvalue weighted by molar-refractivity contribution is 5.83. The SMILES string of the molecule is COC1(c2cccc(OCc3ccc4ccc(F)cc4c3)c2)CCOC(C)C1. The van der Waals surface area contributed by atoms with E-state index in [4.69, 9.17) is 14.2 Å². The van der Waals surface area contributed by atoms with Gasteiger partial charge in [0, 0.05) is 20.0 Å². The second kappa shape index (κ2) is 7.90. The first kappa shape index (κ1) is 18.9. The van der Waals surface area contributed by atoms with Crippen molar-refractivity contribution in [3.63, 3.8) is 0 Å². The van der Waals surface area contributed by atoms with Gasteiger partial charge in [0.25, 0.3) is 0 Å². The van der Waals surface area contributed by atoms with Gasteiger partial charge in [-0.2, -0.15) is 0 Å². The molecule has 3 nitrogen and oxygen atoms in total. The minimum Gasteiger partial charge on any atom is -0.489 e. The molecule has 1 aliphatic heterocycles. The van der Waals surface area contributed by atoms with Crippen LogP contribution in [0.1, 0.15) is 30.9 Å². The molecule has 0 saturated carbocycles. The van der Waals surface area contributed by atoms with Gasteiger partial charge < -0.3 is 14.2 Å². The molecule has 4 rings (SSSR count). The highest BCUT2D eigenvalue weighted by Crippen LogP contribution is 2.39. The third kappa shape index (κ3) is 3.89. The van der Waals surface area contributed by atoms with Crippen molar-refractivity contribution in [2.75, 3.05) is 13.7 Å². The zero-order chi connectivity index (χ0) is 19.6. The molecule has 146 valence electrons. The van der Waals surface area contributed by atoms with Gasteiger partial charge in [-0.05, 0) is 59.2 Å². The number of ether oxygens (including phenoxy) is 3. The number of halogens is 1. The van der Waals surface area contributed by atoms with Gasteiger partial charge in [0.1, 0.15) is 18.2 Å². The first-order valence-corrected chi connectivity index (χ1v) is 9.66. The lowest BCUT2D eigenvalue weighted by molar-refractivity contribution is -0.122. The fourth-order valence-electron chi connectivity index (χ4n) is 4.01. The van der Waals surface area contributed by atoms with Gasteiger partial charge in [-0.3, -0.25) is 0 Å². The van der Waals surface area contributed by atoms with Crippen molar-refractivity contribution in [3.8, 4) is 5.75 Å². The molecular weight excluding hydrogens is 355 g/mol. The Balaban J connectivity index is 1.52. The van der Waals surface area contributed by atoms with Gasteiger partial charge in [0.05, 0.1) is 18.3 Å². The number of fused-ring (bicyclic) bond motifs is 1. The molecule has 1 fully saturated rings. The third-order valence-corrected chi connectivity index (χ3v) is 5.55. The van der Waals surface area contributed by atoms with E-state index < -0.39 is 0 Å². The van der Waals surface area contributed by atoms with E-state index in [2.05, 4.69) is 19.1 Å². The van der Waals surface area contributed by atoms with Crippen molar-refractivity contribution < 1.29 is 18.6 Å². The van der Waals surface area contributed by atoms with E-state index in [9.17, 15) is 4.39 Å². The fraction of sp³-hybridized carbons (Fsp3) is 0.333. The van der Waals surface area contributed by atoms with Gasteiger partial charge >= 0.3 is 0 Å². The Kier molecular flexibility index (Phi) is 5.33. The summed E-state index contributed by atoms with van der Waals surface area (Å²) in [5.41, 5.74) is 1.78. The summed E-state index contributed by atoms with van der Waals surface area (Å²) < 4.78 is 31.2.